The number of ether oxygens (including phenoxy) is 2. The van der Waals surface area contributed by atoms with Crippen molar-refractivity contribution in [2.75, 3.05) is 32.8 Å². The minimum Gasteiger partial charge on any atom is -0.444 e. The van der Waals surface area contributed by atoms with Crippen LogP contribution in [0.25, 0.3) is 0 Å². The number of hydrogen-bond acceptors (Lipinski definition) is 4. The largest absolute Gasteiger partial charge is 0.444 e. The van der Waals surface area contributed by atoms with Gasteiger partial charge < -0.3 is 14.4 Å². The van der Waals surface area contributed by atoms with Crippen molar-refractivity contribution in [1.29, 1.82) is 0 Å². The van der Waals surface area contributed by atoms with E-state index in [9.17, 15) is 4.79 Å². The first-order valence-corrected chi connectivity index (χ1v) is 10.8. The minimum absolute atomic E-state index is 0.211. The van der Waals surface area contributed by atoms with Crippen LogP contribution in [0.1, 0.15) is 39.2 Å². The van der Waals surface area contributed by atoms with Gasteiger partial charge >= 0.3 is 6.09 Å². The Morgan fingerprint density at radius 3 is 2.52 bits per heavy atom. The van der Waals surface area contributed by atoms with E-state index in [4.69, 9.17) is 21.1 Å². The van der Waals surface area contributed by atoms with Crippen LogP contribution in [0.3, 0.4) is 0 Å². The molecule has 160 valence electrons. The van der Waals surface area contributed by atoms with E-state index in [1.807, 2.05) is 37.8 Å². The first-order valence-electron chi connectivity index (χ1n) is 10.4. The fourth-order valence-corrected chi connectivity index (χ4v) is 4.20. The summed E-state index contributed by atoms with van der Waals surface area (Å²) in [6.45, 7) is 13.5. The predicted octanol–water partition coefficient (Wildman–Crippen LogP) is 4.54. The quantitative estimate of drug-likeness (QED) is 0.673. The lowest BCUT2D eigenvalue weighted by Gasteiger charge is -2.41. The molecule has 1 aromatic carbocycles. The van der Waals surface area contributed by atoms with Crippen LogP contribution >= 0.6 is 11.6 Å². The maximum atomic E-state index is 12.4. The van der Waals surface area contributed by atoms with Crippen molar-refractivity contribution in [1.82, 2.24) is 9.80 Å². The van der Waals surface area contributed by atoms with E-state index >= 15 is 0 Å². The molecule has 5 nitrogen and oxygen atoms in total. The van der Waals surface area contributed by atoms with Gasteiger partial charge in [0.15, 0.2) is 0 Å². The molecule has 29 heavy (non-hydrogen) atoms. The molecule has 2 aliphatic heterocycles. The zero-order valence-corrected chi connectivity index (χ0v) is 18.6. The van der Waals surface area contributed by atoms with E-state index in [0.717, 1.165) is 49.5 Å². The molecule has 0 N–H and O–H groups in total. The summed E-state index contributed by atoms with van der Waals surface area (Å²) in [5.74, 6) is 0. The van der Waals surface area contributed by atoms with E-state index < -0.39 is 5.60 Å². The van der Waals surface area contributed by atoms with Crippen molar-refractivity contribution >= 4 is 17.7 Å². The Bertz CT molecular complexity index is 706. The molecule has 1 aromatic rings. The van der Waals surface area contributed by atoms with E-state index in [1.165, 1.54) is 5.56 Å². The third kappa shape index (κ3) is 6.46. The summed E-state index contributed by atoms with van der Waals surface area (Å²) in [5, 5.41) is 0.755. The van der Waals surface area contributed by atoms with Gasteiger partial charge in [0.1, 0.15) is 5.60 Å². The van der Waals surface area contributed by atoms with Gasteiger partial charge in [-0.3, -0.25) is 4.90 Å². The summed E-state index contributed by atoms with van der Waals surface area (Å²) in [6, 6.07) is 8.75. The van der Waals surface area contributed by atoms with Gasteiger partial charge in [0.05, 0.1) is 13.2 Å². The van der Waals surface area contributed by atoms with Crippen LogP contribution in [-0.2, 0) is 15.9 Å². The average molecular weight is 421 g/mol. The molecule has 3 rings (SSSR count). The fraction of sp³-hybridized carbons (Fsp3) is 0.609. The Morgan fingerprint density at radius 1 is 1.24 bits per heavy atom. The van der Waals surface area contributed by atoms with Crippen molar-refractivity contribution in [3.63, 3.8) is 0 Å². The predicted molar refractivity (Wildman–Crippen MR) is 116 cm³/mol. The standard InChI is InChI=1S/C23H33ClN2O3/c1-17-14-26(20-9-11-25(12-10-20)22(27)29-23(2,3)4)21(16-28-15-17)13-18-5-7-19(24)8-6-18/h5-8,20-21H,1,9-16H2,2-4H3/t21-/m0/s1. The van der Waals surface area contributed by atoms with Gasteiger partial charge in [0, 0.05) is 36.7 Å². The third-order valence-corrected chi connectivity index (χ3v) is 5.71. The number of nitrogens with zero attached hydrogens (tertiary/aromatic N) is 2. The van der Waals surface area contributed by atoms with Crippen molar-refractivity contribution in [3.8, 4) is 0 Å². The average Bonchev–Trinajstić information content (AvgIpc) is 2.84. The molecule has 2 saturated heterocycles. The van der Waals surface area contributed by atoms with Crippen LogP contribution in [0.15, 0.2) is 36.4 Å². The smallest absolute Gasteiger partial charge is 0.410 e. The second kappa shape index (κ2) is 9.50. The number of likely N-dealkylation sites (tertiary alicyclic amines) is 1. The Morgan fingerprint density at radius 2 is 1.90 bits per heavy atom. The first-order chi connectivity index (χ1) is 13.7. The highest BCUT2D eigenvalue weighted by atomic mass is 35.5. The Labute approximate surface area is 179 Å². The molecule has 6 heteroatoms. The van der Waals surface area contributed by atoms with E-state index in [2.05, 4.69) is 23.6 Å². The highest BCUT2D eigenvalue weighted by molar-refractivity contribution is 6.30. The molecule has 2 fully saturated rings. The van der Waals surface area contributed by atoms with Crippen LogP contribution in [-0.4, -0.2) is 66.4 Å². The molecule has 0 bridgehead atoms. The van der Waals surface area contributed by atoms with E-state index in [-0.39, 0.29) is 12.1 Å². The third-order valence-electron chi connectivity index (χ3n) is 5.46. The molecular formula is C23H33ClN2O3. The summed E-state index contributed by atoms with van der Waals surface area (Å²) in [7, 11) is 0. The van der Waals surface area contributed by atoms with Gasteiger partial charge in [-0.05, 0) is 63.3 Å². The van der Waals surface area contributed by atoms with Crippen molar-refractivity contribution in [2.24, 2.45) is 0 Å². The first kappa shape index (κ1) is 22.1. The van der Waals surface area contributed by atoms with Crippen LogP contribution in [0.5, 0.6) is 0 Å². The van der Waals surface area contributed by atoms with Crippen LogP contribution in [0.2, 0.25) is 5.02 Å². The van der Waals surface area contributed by atoms with Crippen molar-refractivity contribution in [2.45, 2.75) is 57.7 Å². The molecule has 0 saturated carbocycles. The zero-order valence-electron chi connectivity index (χ0n) is 17.8. The molecule has 0 unspecified atom stereocenters. The number of carbonyl (C=O) groups excluding carboxylic acids is 1. The van der Waals surface area contributed by atoms with Crippen LogP contribution in [0.4, 0.5) is 4.79 Å². The zero-order chi connectivity index (χ0) is 21.0. The number of carbonyl (C=O) groups is 1. The summed E-state index contributed by atoms with van der Waals surface area (Å²) >= 11 is 6.04. The molecule has 0 aromatic heterocycles. The van der Waals surface area contributed by atoms with Gasteiger partial charge in [-0.15, -0.1) is 0 Å². The van der Waals surface area contributed by atoms with Gasteiger partial charge in [-0.1, -0.05) is 30.3 Å². The highest BCUT2D eigenvalue weighted by Crippen LogP contribution is 2.25. The second-order valence-corrected chi connectivity index (χ2v) is 9.56. The summed E-state index contributed by atoms with van der Waals surface area (Å²) in [6.07, 6.45) is 2.57. The van der Waals surface area contributed by atoms with Crippen LogP contribution < -0.4 is 0 Å². The summed E-state index contributed by atoms with van der Waals surface area (Å²) < 4.78 is 11.4. The normalized spacial score (nSPS) is 22.4. The van der Waals surface area contributed by atoms with Gasteiger partial charge in [0.25, 0.3) is 0 Å². The molecule has 1 atom stereocenters. The molecule has 0 aliphatic carbocycles. The summed E-state index contributed by atoms with van der Waals surface area (Å²) in [5.41, 5.74) is 1.90. The molecular weight excluding hydrogens is 388 g/mol. The highest BCUT2D eigenvalue weighted by Gasteiger charge is 2.34. The fourth-order valence-electron chi connectivity index (χ4n) is 4.07. The number of benzene rings is 1. The maximum absolute atomic E-state index is 12.4. The number of piperidine rings is 1. The summed E-state index contributed by atoms with van der Waals surface area (Å²) in [4.78, 5) is 16.8. The molecule has 0 spiro atoms. The SMILES string of the molecule is C=C1COC[C@H](Cc2ccc(Cl)cc2)N(C2CCN(C(=O)OC(C)(C)C)CC2)C1. The molecule has 2 aliphatic rings. The number of hydrogen-bond donors (Lipinski definition) is 0. The Kier molecular flexibility index (Phi) is 7.25. The molecule has 0 radical (unpaired) electrons. The van der Waals surface area contributed by atoms with E-state index in [1.54, 1.807) is 0 Å². The van der Waals surface area contributed by atoms with Crippen LogP contribution in [0, 0.1) is 0 Å². The molecule has 2 heterocycles. The lowest BCUT2D eigenvalue weighted by molar-refractivity contribution is 0.00896. The molecule has 1 amide bonds. The number of rotatable bonds is 3. The number of halogens is 1. The van der Waals surface area contributed by atoms with E-state index in [0.29, 0.717) is 19.3 Å². The minimum atomic E-state index is -0.461. The monoisotopic (exact) mass is 420 g/mol. The lowest BCUT2D eigenvalue weighted by atomic mass is 9.97. The second-order valence-electron chi connectivity index (χ2n) is 9.12. The van der Waals surface area contributed by atoms with Crippen molar-refractivity contribution < 1.29 is 14.3 Å². The topological polar surface area (TPSA) is 42.0 Å². The Hall–Kier alpha value is -1.56. The lowest BCUT2D eigenvalue weighted by Crippen LogP contribution is -2.52. The van der Waals surface area contributed by atoms with Crippen molar-refractivity contribution in [3.05, 3.63) is 47.0 Å². The number of amides is 1. The van der Waals surface area contributed by atoms with Gasteiger partial charge in [-0.2, -0.15) is 0 Å². The van der Waals surface area contributed by atoms with Gasteiger partial charge in [0.2, 0.25) is 0 Å². The Balaban J connectivity index is 1.64. The van der Waals surface area contributed by atoms with Gasteiger partial charge in [-0.25, -0.2) is 4.79 Å². The maximum Gasteiger partial charge on any atom is 0.410 e.